The van der Waals surface area contributed by atoms with Crippen molar-refractivity contribution in [3.8, 4) is 10.4 Å². The maximum absolute atomic E-state index is 11.7. The Bertz CT molecular complexity index is 1260. The summed E-state index contributed by atoms with van der Waals surface area (Å²) in [6, 6.07) is 17.0. The molecule has 0 fully saturated rings. The maximum atomic E-state index is 11.7. The van der Waals surface area contributed by atoms with Crippen LogP contribution in [0.25, 0.3) is 16.5 Å². The second-order valence-electron chi connectivity index (χ2n) is 7.91. The van der Waals surface area contributed by atoms with Gasteiger partial charge in [0.15, 0.2) is 5.13 Å². The van der Waals surface area contributed by atoms with Gasteiger partial charge in [-0.1, -0.05) is 84.5 Å². The summed E-state index contributed by atoms with van der Waals surface area (Å²) in [6.07, 6.45) is 9.97. The summed E-state index contributed by atoms with van der Waals surface area (Å²) in [5, 5.41) is 7.40. The van der Waals surface area contributed by atoms with Crippen molar-refractivity contribution in [3.05, 3.63) is 95.2 Å². The van der Waals surface area contributed by atoms with Crippen LogP contribution in [0.2, 0.25) is 0 Å². The van der Waals surface area contributed by atoms with Gasteiger partial charge in [0.05, 0.1) is 10.6 Å². The molecule has 36 heavy (non-hydrogen) atoms. The number of nitrogens with one attached hydrogen (secondary N) is 2. The lowest BCUT2D eigenvalue weighted by atomic mass is 10.0. The minimum atomic E-state index is -0.742. The number of hydrogen-bond donors (Lipinski definition) is 3. The van der Waals surface area contributed by atoms with E-state index in [-0.39, 0.29) is 5.91 Å². The first kappa shape index (κ1) is 26.9. The van der Waals surface area contributed by atoms with E-state index in [0.29, 0.717) is 17.9 Å². The molecule has 1 unspecified atom stereocenters. The van der Waals surface area contributed by atoms with Crippen LogP contribution in [-0.4, -0.2) is 22.8 Å². The summed E-state index contributed by atoms with van der Waals surface area (Å²) in [5.74, 6) is -0.766. The van der Waals surface area contributed by atoms with Gasteiger partial charge in [0.1, 0.15) is 6.04 Å². The monoisotopic (exact) mass is 520 g/mol. The first-order valence-electron chi connectivity index (χ1n) is 11.6. The number of primary amides is 1. The summed E-state index contributed by atoms with van der Waals surface area (Å²) in [6.45, 7) is 3.64. The molecule has 2 aromatic carbocycles. The van der Waals surface area contributed by atoms with E-state index >= 15 is 0 Å². The van der Waals surface area contributed by atoms with Crippen LogP contribution in [0.5, 0.6) is 0 Å². The van der Waals surface area contributed by atoms with Gasteiger partial charge in [0, 0.05) is 23.6 Å². The minimum Gasteiger partial charge on any atom is -0.368 e. The van der Waals surface area contributed by atoms with E-state index in [9.17, 15) is 9.59 Å². The quantitative estimate of drug-likeness (QED) is 0.263. The SMILES string of the molecule is C\C=C/C(Cl)=C\C=C\c1nc(Nc2ccc(CC(NC(=O)CC)C(N)=O)cc2)sc1-c1ccccc1. The molecule has 3 rings (SSSR count). The Morgan fingerprint density at radius 3 is 2.50 bits per heavy atom. The zero-order chi connectivity index (χ0) is 25.9. The van der Waals surface area contributed by atoms with Crippen molar-refractivity contribution in [2.75, 3.05) is 5.32 Å². The van der Waals surface area contributed by atoms with Gasteiger partial charge in [-0.15, -0.1) is 0 Å². The number of hydrogen-bond acceptors (Lipinski definition) is 5. The fourth-order valence-corrected chi connectivity index (χ4v) is 4.52. The highest BCUT2D eigenvalue weighted by Gasteiger charge is 2.18. The van der Waals surface area contributed by atoms with Gasteiger partial charge in [-0.25, -0.2) is 4.98 Å². The summed E-state index contributed by atoms with van der Waals surface area (Å²) in [5.41, 5.74) is 9.11. The number of rotatable bonds is 11. The van der Waals surface area contributed by atoms with Crippen molar-refractivity contribution >= 4 is 51.6 Å². The molecule has 8 heteroatoms. The van der Waals surface area contributed by atoms with Crippen LogP contribution in [0.1, 0.15) is 31.5 Å². The second kappa shape index (κ2) is 13.4. The molecule has 1 heterocycles. The van der Waals surface area contributed by atoms with Crippen molar-refractivity contribution in [3.63, 3.8) is 0 Å². The van der Waals surface area contributed by atoms with E-state index in [0.717, 1.165) is 32.5 Å². The van der Waals surface area contributed by atoms with Gasteiger partial charge in [-0.05, 0) is 48.4 Å². The van der Waals surface area contributed by atoms with Gasteiger partial charge in [0.2, 0.25) is 11.8 Å². The van der Waals surface area contributed by atoms with Crippen LogP contribution in [0, 0.1) is 0 Å². The first-order chi connectivity index (χ1) is 17.4. The number of aromatic nitrogens is 1. The number of thiazole rings is 1. The fraction of sp³-hybridized carbons (Fsp3) is 0.179. The van der Waals surface area contributed by atoms with Crippen LogP contribution >= 0.6 is 22.9 Å². The smallest absolute Gasteiger partial charge is 0.240 e. The molecule has 0 bridgehead atoms. The van der Waals surface area contributed by atoms with E-state index in [1.807, 2.05) is 79.8 Å². The van der Waals surface area contributed by atoms with Gasteiger partial charge >= 0.3 is 0 Å². The van der Waals surface area contributed by atoms with Crippen LogP contribution in [0.15, 0.2) is 83.9 Å². The minimum absolute atomic E-state index is 0.209. The molecule has 4 N–H and O–H groups in total. The van der Waals surface area contributed by atoms with Crippen molar-refractivity contribution in [1.82, 2.24) is 10.3 Å². The molecule has 1 atom stereocenters. The van der Waals surface area contributed by atoms with E-state index in [4.69, 9.17) is 22.3 Å². The summed E-state index contributed by atoms with van der Waals surface area (Å²) in [7, 11) is 0. The van der Waals surface area contributed by atoms with E-state index in [2.05, 4.69) is 22.8 Å². The molecule has 186 valence electrons. The number of nitrogens with zero attached hydrogens (tertiary/aromatic N) is 1. The number of anilines is 2. The molecule has 2 amide bonds. The molecule has 0 radical (unpaired) electrons. The number of benzene rings is 2. The largest absolute Gasteiger partial charge is 0.368 e. The third kappa shape index (κ3) is 7.93. The summed E-state index contributed by atoms with van der Waals surface area (Å²) >= 11 is 7.71. The standard InChI is InChI=1S/C28H29ClN4O2S/c1-3-9-21(29)12-8-13-23-26(20-10-6-5-7-11-20)36-28(33-23)31-22-16-14-19(15-17-22)18-24(27(30)35)32-25(34)4-2/h3,5-17,24H,4,18H2,1-2H3,(H2,30,35)(H,31,33)(H,32,34)/b9-3-,13-8+,21-12+. The number of allylic oxidation sites excluding steroid dienone is 5. The molecule has 0 saturated carbocycles. The average Bonchev–Trinajstić information content (AvgIpc) is 3.27. The fourth-order valence-electron chi connectivity index (χ4n) is 3.34. The highest BCUT2D eigenvalue weighted by molar-refractivity contribution is 7.19. The zero-order valence-electron chi connectivity index (χ0n) is 20.2. The Balaban J connectivity index is 1.79. The number of carbonyl (C=O) groups is 2. The highest BCUT2D eigenvalue weighted by Crippen LogP contribution is 2.35. The lowest BCUT2D eigenvalue weighted by molar-refractivity contribution is -0.127. The third-order valence-corrected chi connectivity index (χ3v) is 6.46. The molecular weight excluding hydrogens is 492 g/mol. The first-order valence-corrected chi connectivity index (χ1v) is 12.8. The normalized spacial score (nSPS) is 12.7. The molecule has 6 nitrogen and oxygen atoms in total. The Morgan fingerprint density at radius 1 is 1.14 bits per heavy atom. The zero-order valence-corrected chi connectivity index (χ0v) is 21.8. The average molecular weight is 521 g/mol. The Labute approximate surface area is 220 Å². The molecule has 0 aliphatic heterocycles. The Morgan fingerprint density at radius 2 is 1.86 bits per heavy atom. The van der Waals surface area contributed by atoms with Gasteiger partial charge in [0.25, 0.3) is 0 Å². The molecule has 0 aliphatic carbocycles. The molecule has 0 aliphatic rings. The van der Waals surface area contributed by atoms with E-state index < -0.39 is 11.9 Å². The topological polar surface area (TPSA) is 97.1 Å². The molecular formula is C28H29ClN4O2S. The van der Waals surface area contributed by atoms with Gasteiger partial charge in [-0.2, -0.15) is 0 Å². The van der Waals surface area contributed by atoms with Crippen LogP contribution in [-0.2, 0) is 16.0 Å². The van der Waals surface area contributed by atoms with E-state index in [1.165, 1.54) is 0 Å². The number of halogens is 1. The molecule has 3 aromatic rings. The Kier molecular flexibility index (Phi) is 10.0. The second-order valence-corrected chi connectivity index (χ2v) is 9.35. The van der Waals surface area contributed by atoms with Crippen molar-refractivity contribution in [1.29, 1.82) is 0 Å². The molecule has 0 saturated heterocycles. The van der Waals surface area contributed by atoms with Crippen LogP contribution in [0.4, 0.5) is 10.8 Å². The van der Waals surface area contributed by atoms with Crippen molar-refractivity contribution < 1.29 is 9.59 Å². The summed E-state index contributed by atoms with van der Waals surface area (Å²) in [4.78, 5) is 29.2. The predicted molar refractivity (Wildman–Crippen MR) is 150 cm³/mol. The van der Waals surface area contributed by atoms with E-state index in [1.54, 1.807) is 18.3 Å². The van der Waals surface area contributed by atoms with Crippen molar-refractivity contribution in [2.24, 2.45) is 5.73 Å². The molecule has 1 aromatic heterocycles. The highest BCUT2D eigenvalue weighted by atomic mass is 35.5. The van der Waals surface area contributed by atoms with Gasteiger partial charge in [-0.3, -0.25) is 9.59 Å². The Hall–Kier alpha value is -3.68. The lowest BCUT2D eigenvalue weighted by Gasteiger charge is -2.15. The maximum Gasteiger partial charge on any atom is 0.240 e. The predicted octanol–water partition coefficient (Wildman–Crippen LogP) is 6.19. The van der Waals surface area contributed by atoms with Gasteiger partial charge < -0.3 is 16.4 Å². The number of amides is 2. The van der Waals surface area contributed by atoms with Crippen LogP contribution in [0.3, 0.4) is 0 Å². The van der Waals surface area contributed by atoms with Crippen LogP contribution < -0.4 is 16.4 Å². The number of carbonyl (C=O) groups excluding carboxylic acids is 2. The summed E-state index contributed by atoms with van der Waals surface area (Å²) < 4.78 is 0. The third-order valence-electron chi connectivity index (χ3n) is 5.17. The number of nitrogens with two attached hydrogens (primary N) is 1. The lowest BCUT2D eigenvalue weighted by Crippen LogP contribution is -2.45. The molecule has 0 spiro atoms. The van der Waals surface area contributed by atoms with Crippen molar-refractivity contribution in [2.45, 2.75) is 32.7 Å².